The number of unbranched alkanes of at least 4 members (excludes halogenated alkanes) is 1. The molecule has 1 aliphatic rings. The van der Waals surface area contributed by atoms with Crippen LogP contribution in [0.3, 0.4) is 0 Å². The third kappa shape index (κ3) is 6.89. The van der Waals surface area contributed by atoms with E-state index < -0.39 is 6.04 Å². The van der Waals surface area contributed by atoms with Crippen LogP contribution in [-0.4, -0.2) is 34.3 Å². The van der Waals surface area contributed by atoms with E-state index in [1.54, 1.807) is 11.1 Å². The molecule has 0 bridgehead atoms. The predicted molar refractivity (Wildman–Crippen MR) is 161 cm³/mol. The fraction of sp³-hybridized carbons (Fsp3) is 0.364. The molecule has 1 aliphatic carbocycles. The molecule has 4 aromatic rings. The Morgan fingerprint density at radius 2 is 1.88 bits per heavy atom. The Morgan fingerprint density at radius 1 is 1.05 bits per heavy atom. The lowest BCUT2D eigenvalue weighted by Gasteiger charge is -2.33. The van der Waals surface area contributed by atoms with Crippen LogP contribution in [0.25, 0.3) is 10.9 Å². The topological polar surface area (TPSA) is 71.5 Å². The number of hydrogen-bond acceptors (Lipinski definition) is 5. The molecule has 40 heavy (non-hydrogen) atoms. The highest BCUT2D eigenvalue weighted by Crippen LogP contribution is 2.30. The van der Waals surface area contributed by atoms with Crippen molar-refractivity contribution in [2.75, 3.05) is 6.61 Å². The maximum atomic E-state index is 14.1. The van der Waals surface area contributed by atoms with Crippen molar-refractivity contribution in [1.29, 1.82) is 0 Å². The van der Waals surface area contributed by atoms with E-state index in [1.807, 2.05) is 72.1 Å². The van der Waals surface area contributed by atoms with E-state index in [4.69, 9.17) is 4.74 Å². The molecule has 1 fully saturated rings. The SMILES string of the molecule is CCCCOc1ccc(CN(C(=O)c2cccs2)C(C(=O)NC2CCCCC2)c2ccc3ncccc3c2)cc1. The lowest BCUT2D eigenvalue weighted by molar-refractivity contribution is -0.127. The first-order chi connectivity index (χ1) is 19.6. The summed E-state index contributed by atoms with van der Waals surface area (Å²) in [7, 11) is 0. The maximum Gasteiger partial charge on any atom is 0.265 e. The third-order valence-corrected chi connectivity index (χ3v) is 8.35. The number of pyridine rings is 1. The van der Waals surface area contributed by atoms with E-state index in [9.17, 15) is 9.59 Å². The molecule has 5 rings (SSSR count). The zero-order valence-electron chi connectivity index (χ0n) is 23.1. The fourth-order valence-corrected chi connectivity index (χ4v) is 5.99. The lowest BCUT2D eigenvalue weighted by Crippen LogP contribution is -2.46. The Labute approximate surface area is 240 Å². The molecule has 6 nitrogen and oxygen atoms in total. The monoisotopic (exact) mass is 555 g/mol. The second-order valence-electron chi connectivity index (χ2n) is 10.5. The Bertz CT molecular complexity index is 1400. The van der Waals surface area contributed by atoms with Crippen LogP contribution in [-0.2, 0) is 11.3 Å². The third-order valence-electron chi connectivity index (χ3n) is 7.49. The van der Waals surface area contributed by atoms with E-state index in [0.29, 0.717) is 18.0 Å². The summed E-state index contributed by atoms with van der Waals surface area (Å²) in [5.41, 5.74) is 2.57. The van der Waals surface area contributed by atoms with Gasteiger partial charge in [0.25, 0.3) is 5.91 Å². The van der Waals surface area contributed by atoms with Gasteiger partial charge in [0, 0.05) is 24.2 Å². The molecule has 0 radical (unpaired) electrons. The molecule has 2 amide bonds. The highest BCUT2D eigenvalue weighted by molar-refractivity contribution is 7.12. The number of fused-ring (bicyclic) bond motifs is 1. The van der Waals surface area contributed by atoms with E-state index in [1.165, 1.54) is 17.8 Å². The van der Waals surface area contributed by atoms with Gasteiger partial charge in [0.2, 0.25) is 5.91 Å². The van der Waals surface area contributed by atoms with Crippen molar-refractivity contribution in [3.8, 4) is 5.75 Å². The van der Waals surface area contributed by atoms with Crippen molar-refractivity contribution in [3.63, 3.8) is 0 Å². The number of thiophene rings is 1. The van der Waals surface area contributed by atoms with Gasteiger partial charge >= 0.3 is 0 Å². The summed E-state index contributed by atoms with van der Waals surface area (Å²) in [6.07, 6.45) is 9.21. The first-order valence-electron chi connectivity index (χ1n) is 14.3. The average Bonchev–Trinajstić information content (AvgIpc) is 3.53. The highest BCUT2D eigenvalue weighted by Gasteiger charge is 2.34. The van der Waals surface area contributed by atoms with Gasteiger partial charge in [-0.15, -0.1) is 11.3 Å². The summed E-state index contributed by atoms with van der Waals surface area (Å²) in [6.45, 7) is 3.11. The van der Waals surface area contributed by atoms with Gasteiger partial charge in [0.05, 0.1) is 17.0 Å². The zero-order valence-corrected chi connectivity index (χ0v) is 23.9. The number of amides is 2. The highest BCUT2D eigenvalue weighted by atomic mass is 32.1. The number of hydrogen-bond donors (Lipinski definition) is 1. The van der Waals surface area contributed by atoms with Crippen molar-refractivity contribution < 1.29 is 14.3 Å². The minimum absolute atomic E-state index is 0.129. The smallest absolute Gasteiger partial charge is 0.265 e. The second-order valence-corrected chi connectivity index (χ2v) is 11.4. The largest absolute Gasteiger partial charge is 0.494 e. The van der Waals surface area contributed by atoms with Gasteiger partial charge in [0.1, 0.15) is 11.8 Å². The minimum atomic E-state index is -0.790. The Balaban J connectivity index is 1.50. The summed E-state index contributed by atoms with van der Waals surface area (Å²) in [5, 5.41) is 6.14. The molecule has 0 saturated heterocycles. The van der Waals surface area contributed by atoms with E-state index >= 15 is 0 Å². The number of nitrogens with zero attached hydrogens (tertiary/aromatic N) is 2. The van der Waals surface area contributed by atoms with Crippen molar-refractivity contribution in [2.45, 2.75) is 70.5 Å². The van der Waals surface area contributed by atoms with Gasteiger partial charge < -0.3 is 15.0 Å². The zero-order chi connectivity index (χ0) is 27.7. The molecule has 208 valence electrons. The predicted octanol–water partition coefficient (Wildman–Crippen LogP) is 7.31. The summed E-state index contributed by atoms with van der Waals surface area (Å²) < 4.78 is 5.84. The summed E-state index contributed by atoms with van der Waals surface area (Å²) in [4.78, 5) is 34.9. The number of benzene rings is 2. The molecule has 1 atom stereocenters. The number of rotatable bonds is 11. The van der Waals surface area contributed by atoms with Crippen LogP contribution >= 0.6 is 11.3 Å². The Morgan fingerprint density at radius 3 is 2.62 bits per heavy atom. The number of ether oxygens (including phenoxy) is 1. The molecule has 0 aliphatic heterocycles. The van der Waals surface area contributed by atoms with Crippen LogP contribution in [0.4, 0.5) is 0 Å². The Kier molecular flexibility index (Phi) is 9.45. The van der Waals surface area contributed by atoms with Crippen molar-refractivity contribution in [1.82, 2.24) is 15.2 Å². The van der Waals surface area contributed by atoms with Gasteiger partial charge in [-0.3, -0.25) is 14.6 Å². The number of carbonyl (C=O) groups excluding carboxylic acids is 2. The average molecular weight is 556 g/mol. The standard InChI is InChI=1S/C33H37N3O3S/c1-2-3-20-39-28-16-13-24(14-17-28)23-36(33(38)30-12-8-21-40-30)31(32(37)35-27-10-5-4-6-11-27)26-15-18-29-25(22-26)9-7-19-34-29/h7-9,12-19,21-22,27,31H,2-6,10-11,20,23H2,1H3,(H,35,37). The molecule has 1 unspecified atom stereocenters. The van der Waals surface area contributed by atoms with Gasteiger partial charge in [-0.05, 0) is 72.2 Å². The molecule has 0 spiro atoms. The maximum absolute atomic E-state index is 14.1. The quantitative estimate of drug-likeness (QED) is 0.197. The van der Waals surface area contributed by atoms with Crippen molar-refractivity contribution >= 4 is 34.1 Å². The summed E-state index contributed by atoms with van der Waals surface area (Å²) in [5.74, 6) is 0.509. The molecule has 1 saturated carbocycles. The van der Waals surface area contributed by atoms with Crippen LogP contribution in [0.1, 0.15) is 78.7 Å². The molecule has 2 heterocycles. The first kappa shape index (κ1) is 27.8. The summed E-state index contributed by atoms with van der Waals surface area (Å²) >= 11 is 1.39. The Hall–Kier alpha value is -3.71. The molecular weight excluding hydrogens is 518 g/mol. The molecule has 7 heteroatoms. The molecule has 2 aromatic carbocycles. The molecule has 1 N–H and O–H groups in total. The lowest BCUT2D eigenvalue weighted by atomic mass is 9.94. The van der Waals surface area contributed by atoms with Crippen LogP contribution in [0.15, 0.2) is 78.3 Å². The van der Waals surface area contributed by atoms with Crippen LogP contribution in [0.5, 0.6) is 5.75 Å². The van der Waals surface area contributed by atoms with E-state index in [-0.39, 0.29) is 17.9 Å². The van der Waals surface area contributed by atoms with Gasteiger partial charge in [-0.1, -0.05) is 62.9 Å². The normalized spacial score (nSPS) is 14.5. The van der Waals surface area contributed by atoms with E-state index in [0.717, 1.165) is 66.3 Å². The van der Waals surface area contributed by atoms with E-state index in [2.05, 4.69) is 17.2 Å². The number of carbonyl (C=O) groups is 2. The molecule has 2 aromatic heterocycles. The van der Waals surface area contributed by atoms with Gasteiger partial charge in [0.15, 0.2) is 0 Å². The molecular formula is C33H37N3O3S. The van der Waals surface area contributed by atoms with Crippen LogP contribution in [0, 0.1) is 0 Å². The number of nitrogens with one attached hydrogen (secondary N) is 1. The van der Waals surface area contributed by atoms with Gasteiger partial charge in [-0.2, -0.15) is 0 Å². The number of aromatic nitrogens is 1. The second kappa shape index (κ2) is 13.6. The minimum Gasteiger partial charge on any atom is -0.494 e. The van der Waals surface area contributed by atoms with Crippen LogP contribution < -0.4 is 10.1 Å². The fourth-order valence-electron chi connectivity index (χ4n) is 5.31. The van der Waals surface area contributed by atoms with Gasteiger partial charge in [-0.25, -0.2) is 0 Å². The summed E-state index contributed by atoms with van der Waals surface area (Å²) in [6, 6.07) is 20.6. The van der Waals surface area contributed by atoms with Crippen molar-refractivity contribution in [2.24, 2.45) is 0 Å². The van der Waals surface area contributed by atoms with Crippen LogP contribution in [0.2, 0.25) is 0 Å². The first-order valence-corrected chi connectivity index (χ1v) is 15.2. The van der Waals surface area contributed by atoms with Crippen molar-refractivity contribution in [3.05, 3.63) is 94.3 Å².